The molecule has 0 saturated carbocycles. The SMILES string of the molecule is COC(CO)CONC(=O)c1cc(Cl)c(F)cc1Nc1ccc(I)cc1F. The minimum absolute atomic E-state index is 0.00329. The van der Waals surface area contributed by atoms with Gasteiger partial charge in [-0.25, -0.2) is 14.3 Å². The molecule has 0 spiro atoms. The van der Waals surface area contributed by atoms with Gasteiger partial charge in [0.15, 0.2) is 0 Å². The Morgan fingerprint density at radius 1 is 1.26 bits per heavy atom. The van der Waals surface area contributed by atoms with E-state index in [9.17, 15) is 13.6 Å². The number of amides is 1. The maximum Gasteiger partial charge on any atom is 0.277 e. The highest BCUT2D eigenvalue weighted by Gasteiger charge is 2.17. The van der Waals surface area contributed by atoms with Gasteiger partial charge in [0.05, 0.1) is 28.6 Å². The first kappa shape index (κ1) is 21.8. The number of nitrogens with one attached hydrogen (secondary N) is 2. The van der Waals surface area contributed by atoms with Crippen LogP contribution in [-0.4, -0.2) is 37.4 Å². The third kappa shape index (κ3) is 5.98. The fourth-order valence-electron chi connectivity index (χ4n) is 2.02. The number of hydrogen-bond acceptors (Lipinski definition) is 5. The zero-order valence-corrected chi connectivity index (χ0v) is 17.0. The van der Waals surface area contributed by atoms with Gasteiger partial charge in [-0.3, -0.25) is 9.63 Å². The summed E-state index contributed by atoms with van der Waals surface area (Å²) in [6.07, 6.45) is -0.624. The molecule has 10 heteroatoms. The molecule has 0 aliphatic heterocycles. The van der Waals surface area contributed by atoms with Gasteiger partial charge in [0.1, 0.15) is 24.3 Å². The van der Waals surface area contributed by atoms with E-state index in [2.05, 4.69) is 10.8 Å². The van der Waals surface area contributed by atoms with Crippen LogP contribution in [0, 0.1) is 15.2 Å². The topological polar surface area (TPSA) is 79.8 Å². The average molecular weight is 513 g/mol. The first-order chi connectivity index (χ1) is 12.8. The van der Waals surface area contributed by atoms with Crippen molar-refractivity contribution in [1.82, 2.24) is 5.48 Å². The normalized spacial score (nSPS) is 11.9. The van der Waals surface area contributed by atoms with Crippen molar-refractivity contribution in [1.29, 1.82) is 0 Å². The molecule has 0 fully saturated rings. The van der Waals surface area contributed by atoms with Crippen molar-refractivity contribution in [2.75, 3.05) is 25.6 Å². The fourth-order valence-corrected chi connectivity index (χ4v) is 2.64. The Morgan fingerprint density at radius 3 is 2.63 bits per heavy atom. The molecule has 6 nitrogen and oxygen atoms in total. The van der Waals surface area contributed by atoms with Crippen LogP contribution in [0.25, 0.3) is 0 Å². The van der Waals surface area contributed by atoms with Crippen molar-refractivity contribution in [2.45, 2.75) is 6.10 Å². The maximum atomic E-state index is 14.1. The van der Waals surface area contributed by atoms with E-state index in [4.69, 9.17) is 26.3 Å². The number of aliphatic hydroxyl groups excluding tert-OH is 1. The van der Waals surface area contributed by atoms with Crippen LogP contribution in [0.4, 0.5) is 20.2 Å². The van der Waals surface area contributed by atoms with Crippen molar-refractivity contribution in [3.63, 3.8) is 0 Å². The van der Waals surface area contributed by atoms with Crippen molar-refractivity contribution in [3.05, 3.63) is 56.1 Å². The Balaban J connectivity index is 2.22. The number of hydrogen-bond donors (Lipinski definition) is 3. The van der Waals surface area contributed by atoms with Gasteiger partial charge in [0.2, 0.25) is 0 Å². The molecule has 0 saturated heterocycles. The first-order valence-electron chi connectivity index (χ1n) is 7.62. The number of carbonyl (C=O) groups excluding carboxylic acids is 1. The van der Waals surface area contributed by atoms with Crippen LogP contribution in [0.15, 0.2) is 30.3 Å². The summed E-state index contributed by atoms with van der Waals surface area (Å²) in [5.41, 5.74) is 2.16. The highest BCUT2D eigenvalue weighted by molar-refractivity contribution is 14.1. The van der Waals surface area contributed by atoms with E-state index in [-0.39, 0.29) is 35.2 Å². The van der Waals surface area contributed by atoms with Crippen LogP contribution in [0.1, 0.15) is 10.4 Å². The van der Waals surface area contributed by atoms with Crippen LogP contribution in [0.2, 0.25) is 5.02 Å². The number of anilines is 2. The van der Waals surface area contributed by atoms with Crippen LogP contribution < -0.4 is 10.8 Å². The molecule has 1 atom stereocenters. The molecule has 2 aromatic rings. The summed E-state index contributed by atoms with van der Waals surface area (Å²) in [4.78, 5) is 17.3. The van der Waals surface area contributed by atoms with Gasteiger partial charge >= 0.3 is 0 Å². The monoisotopic (exact) mass is 512 g/mol. The summed E-state index contributed by atoms with van der Waals surface area (Å²) < 4.78 is 33.5. The molecule has 0 heterocycles. The van der Waals surface area contributed by atoms with Crippen molar-refractivity contribution < 1.29 is 28.3 Å². The molecule has 1 unspecified atom stereocenters. The zero-order chi connectivity index (χ0) is 20.0. The Bertz CT molecular complexity index is 822. The first-order valence-corrected chi connectivity index (χ1v) is 9.08. The Labute approximate surface area is 172 Å². The highest BCUT2D eigenvalue weighted by Crippen LogP contribution is 2.28. The number of benzene rings is 2. The summed E-state index contributed by atoms with van der Waals surface area (Å²) in [6.45, 7) is -0.407. The lowest BCUT2D eigenvalue weighted by atomic mass is 10.1. The molecule has 2 aromatic carbocycles. The molecule has 0 bridgehead atoms. The second-order valence-electron chi connectivity index (χ2n) is 5.34. The highest BCUT2D eigenvalue weighted by atomic mass is 127. The lowest BCUT2D eigenvalue weighted by molar-refractivity contribution is -0.0469. The summed E-state index contributed by atoms with van der Waals surface area (Å²) >= 11 is 7.72. The van der Waals surface area contributed by atoms with E-state index >= 15 is 0 Å². The second kappa shape index (κ2) is 10.1. The lowest BCUT2D eigenvalue weighted by Crippen LogP contribution is -2.31. The third-order valence-corrected chi connectivity index (χ3v) is 4.44. The number of rotatable bonds is 8. The molecule has 0 radical (unpaired) electrons. The molecule has 146 valence electrons. The Kier molecular flexibility index (Phi) is 8.17. The van der Waals surface area contributed by atoms with Gasteiger partial charge in [-0.05, 0) is 52.9 Å². The lowest BCUT2D eigenvalue weighted by Gasteiger charge is -2.15. The van der Waals surface area contributed by atoms with Crippen molar-refractivity contribution >= 4 is 51.5 Å². The van der Waals surface area contributed by atoms with Gasteiger partial charge in [-0.2, -0.15) is 0 Å². The van der Waals surface area contributed by atoms with Crippen LogP contribution in [-0.2, 0) is 9.57 Å². The second-order valence-corrected chi connectivity index (χ2v) is 7.00. The largest absolute Gasteiger partial charge is 0.394 e. The summed E-state index contributed by atoms with van der Waals surface area (Å²) in [6, 6.07) is 6.49. The zero-order valence-electron chi connectivity index (χ0n) is 14.1. The quantitative estimate of drug-likeness (QED) is 0.372. The van der Waals surface area contributed by atoms with Gasteiger partial charge in [-0.1, -0.05) is 11.6 Å². The van der Waals surface area contributed by atoms with E-state index in [1.807, 2.05) is 22.6 Å². The molecule has 1 amide bonds. The third-order valence-electron chi connectivity index (χ3n) is 3.48. The summed E-state index contributed by atoms with van der Waals surface area (Å²) in [7, 11) is 1.38. The van der Waals surface area contributed by atoms with E-state index in [1.54, 1.807) is 6.07 Å². The van der Waals surface area contributed by atoms with Gasteiger partial charge < -0.3 is 15.2 Å². The molecule has 27 heavy (non-hydrogen) atoms. The minimum atomic E-state index is -0.776. The van der Waals surface area contributed by atoms with Crippen LogP contribution >= 0.6 is 34.2 Å². The number of methoxy groups -OCH3 is 1. The van der Waals surface area contributed by atoms with Crippen LogP contribution in [0.5, 0.6) is 0 Å². The van der Waals surface area contributed by atoms with E-state index in [0.717, 1.165) is 12.1 Å². The van der Waals surface area contributed by atoms with E-state index < -0.39 is 23.6 Å². The van der Waals surface area contributed by atoms with Gasteiger partial charge in [-0.15, -0.1) is 0 Å². The number of hydroxylamine groups is 1. The van der Waals surface area contributed by atoms with Crippen molar-refractivity contribution in [3.8, 4) is 0 Å². The predicted molar refractivity (Wildman–Crippen MR) is 105 cm³/mol. The van der Waals surface area contributed by atoms with Crippen molar-refractivity contribution in [2.24, 2.45) is 0 Å². The predicted octanol–water partition coefficient (Wildman–Crippen LogP) is 3.64. The molecule has 0 aliphatic carbocycles. The minimum Gasteiger partial charge on any atom is -0.394 e. The number of aliphatic hydroxyl groups is 1. The fraction of sp³-hybridized carbons (Fsp3) is 0.235. The number of ether oxygens (including phenoxy) is 1. The smallest absolute Gasteiger partial charge is 0.277 e. The Hall–Kier alpha value is -1.53. The summed E-state index contributed by atoms with van der Waals surface area (Å²) in [5, 5.41) is 11.4. The number of halogens is 4. The van der Waals surface area contributed by atoms with E-state index in [0.29, 0.717) is 3.57 Å². The molecule has 2 rings (SSSR count). The standard InChI is InChI=1S/C17H16ClF2IN2O4/c1-26-10(7-24)8-27-23-17(25)11-5-12(18)13(19)6-16(11)22-15-3-2-9(21)4-14(15)20/h2-6,10,22,24H,7-8H2,1H3,(H,23,25). The molecule has 0 aromatic heterocycles. The van der Waals surface area contributed by atoms with Crippen LogP contribution in [0.3, 0.4) is 0 Å². The number of carbonyl (C=O) groups is 1. The molecule has 0 aliphatic rings. The van der Waals surface area contributed by atoms with Gasteiger partial charge in [0.25, 0.3) is 5.91 Å². The van der Waals surface area contributed by atoms with E-state index in [1.165, 1.54) is 19.2 Å². The maximum absolute atomic E-state index is 14.1. The summed E-state index contributed by atoms with van der Waals surface area (Å²) in [5.74, 6) is -2.08. The molecular formula is C17H16ClF2IN2O4. The average Bonchev–Trinajstić information content (AvgIpc) is 2.63. The Morgan fingerprint density at radius 2 is 2.00 bits per heavy atom. The molecule has 3 N–H and O–H groups in total. The molecular weight excluding hydrogens is 497 g/mol. The van der Waals surface area contributed by atoms with Gasteiger partial charge in [0, 0.05) is 10.7 Å².